The molecule has 1 aromatic rings. The molecule has 0 fully saturated rings. The highest BCUT2D eigenvalue weighted by Gasteiger charge is 2.02. The molecule has 0 spiro atoms. The summed E-state index contributed by atoms with van der Waals surface area (Å²) in [4.78, 5) is 12.2. The third kappa shape index (κ3) is 6.87. The first-order chi connectivity index (χ1) is 9.13. The summed E-state index contributed by atoms with van der Waals surface area (Å²) >= 11 is 5.15. The predicted molar refractivity (Wildman–Crippen MR) is 84.4 cm³/mol. The van der Waals surface area contributed by atoms with Gasteiger partial charge < -0.3 is 10.5 Å². The van der Waals surface area contributed by atoms with Gasteiger partial charge in [0.1, 0.15) is 0 Å². The highest BCUT2D eigenvalue weighted by molar-refractivity contribution is 9.10. The third-order valence-corrected chi connectivity index (χ3v) is 4.23. The van der Waals surface area contributed by atoms with Crippen molar-refractivity contribution >= 4 is 39.3 Å². The van der Waals surface area contributed by atoms with Crippen molar-refractivity contribution in [3.05, 3.63) is 22.7 Å². The molecule has 3 nitrogen and oxygen atoms in total. The second kappa shape index (κ2) is 9.26. The minimum absolute atomic E-state index is 0.0905. The molecule has 106 valence electrons. The number of anilines is 1. The van der Waals surface area contributed by atoms with Gasteiger partial charge in [-0.25, -0.2) is 0 Å². The van der Waals surface area contributed by atoms with Gasteiger partial charge in [-0.1, -0.05) is 22.4 Å². The Kier molecular flexibility index (Phi) is 7.98. The number of hydrogen-bond donors (Lipinski definition) is 1. The van der Waals surface area contributed by atoms with Crippen LogP contribution >= 0.6 is 27.7 Å². The number of carbonyl (C=O) groups is 1. The second-order valence-electron chi connectivity index (χ2n) is 4.15. The van der Waals surface area contributed by atoms with Crippen molar-refractivity contribution in [2.45, 2.75) is 37.5 Å². The molecular weight excluding hydrogens is 326 g/mol. The Hall–Kier alpha value is -0.680. The van der Waals surface area contributed by atoms with E-state index in [0.717, 1.165) is 40.1 Å². The van der Waals surface area contributed by atoms with Gasteiger partial charge in [0.15, 0.2) is 0 Å². The summed E-state index contributed by atoms with van der Waals surface area (Å²) in [7, 11) is 0. The molecule has 0 unspecified atom stereocenters. The van der Waals surface area contributed by atoms with Crippen LogP contribution in [0.25, 0.3) is 0 Å². The van der Waals surface area contributed by atoms with Gasteiger partial charge in [-0.05, 0) is 43.7 Å². The number of nitrogen functional groups attached to an aromatic ring is 1. The maximum Gasteiger partial charge on any atom is 0.305 e. The van der Waals surface area contributed by atoms with E-state index in [4.69, 9.17) is 10.5 Å². The van der Waals surface area contributed by atoms with Crippen LogP contribution < -0.4 is 5.73 Å². The zero-order valence-electron chi connectivity index (χ0n) is 11.2. The van der Waals surface area contributed by atoms with Crippen molar-refractivity contribution in [1.29, 1.82) is 0 Å². The van der Waals surface area contributed by atoms with Crippen LogP contribution in [0.15, 0.2) is 27.6 Å². The molecule has 0 saturated carbocycles. The highest BCUT2D eigenvalue weighted by atomic mass is 79.9. The number of rotatable bonds is 8. The second-order valence-corrected chi connectivity index (χ2v) is 6.20. The molecule has 5 heteroatoms. The highest BCUT2D eigenvalue weighted by Crippen LogP contribution is 2.28. The van der Waals surface area contributed by atoms with Crippen LogP contribution in [0.4, 0.5) is 5.69 Å². The molecule has 19 heavy (non-hydrogen) atoms. The number of nitrogens with two attached hydrogens (primary N) is 1. The molecule has 0 aromatic heterocycles. The monoisotopic (exact) mass is 345 g/mol. The Balaban J connectivity index is 2.12. The van der Waals surface area contributed by atoms with E-state index >= 15 is 0 Å². The average Bonchev–Trinajstić information content (AvgIpc) is 2.36. The predicted octanol–water partition coefficient (Wildman–Crippen LogP) is 4.25. The lowest BCUT2D eigenvalue weighted by Gasteiger charge is -2.06. The van der Waals surface area contributed by atoms with E-state index in [2.05, 4.69) is 15.9 Å². The van der Waals surface area contributed by atoms with Gasteiger partial charge in [-0.3, -0.25) is 4.79 Å². The SMILES string of the molecule is CCOC(=O)CCCCCSc1ccc(Br)cc1N. The molecule has 0 heterocycles. The number of halogens is 1. The van der Waals surface area contributed by atoms with Gasteiger partial charge in [0, 0.05) is 21.5 Å². The van der Waals surface area contributed by atoms with Crippen molar-refractivity contribution in [3.8, 4) is 0 Å². The van der Waals surface area contributed by atoms with Crippen molar-refractivity contribution < 1.29 is 9.53 Å². The van der Waals surface area contributed by atoms with Gasteiger partial charge in [-0.2, -0.15) is 0 Å². The van der Waals surface area contributed by atoms with E-state index in [0.29, 0.717) is 13.0 Å². The Morgan fingerprint density at radius 3 is 2.84 bits per heavy atom. The largest absolute Gasteiger partial charge is 0.466 e. The lowest BCUT2D eigenvalue weighted by atomic mass is 10.2. The lowest BCUT2D eigenvalue weighted by Crippen LogP contribution is -2.03. The van der Waals surface area contributed by atoms with Crippen LogP contribution in [0.5, 0.6) is 0 Å². The van der Waals surface area contributed by atoms with E-state index in [1.54, 1.807) is 11.8 Å². The number of carbonyl (C=O) groups excluding carboxylic acids is 1. The first kappa shape index (κ1) is 16.4. The quantitative estimate of drug-likeness (QED) is 0.331. The number of hydrogen-bond acceptors (Lipinski definition) is 4. The molecule has 0 atom stereocenters. The van der Waals surface area contributed by atoms with Gasteiger partial charge in [0.25, 0.3) is 0 Å². The molecule has 0 radical (unpaired) electrons. The summed E-state index contributed by atoms with van der Waals surface area (Å²) in [6, 6.07) is 5.95. The Morgan fingerprint density at radius 1 is 1.37 bits per heavy atom. The van der Waals surface area contributed by atoms with Crippen LogP contribution in [-0.2, 0) is 9.53 Å². The maximum atomic E-state index is 11.1. The van der Waals surface area contributed by atoms with Crippen LogP contribution in [0.2, 0.25) is 0 Å². The van der Waals surface area contributed by atoms with Crippen molar-refractivity contribution in [2.24, 2.45) is 0 Å². The first-order valence-electron chi connectivity index (χ1n) is 6.47. The number of unbranched alkanes of at least 4 members (excludes halogenated alkanes) is 2. The summed E-state index contributed by atoms with van der Waals surface area (Å²) in [5, 5.41) is 0. The molecule has 0 saturated heterocycles. The van der Waals surface area contributed by atoms with Gasteiger partial charge in [-0.15, -0.1) is 11.8 Å². The molecule has 1 rings (SSSR count). The zero-order valence-corrected chi connectivity index (χ0v) is 13.6. The smallest absolute Gasteiger partial charge is 0.305 e. The van der Waals surface area contributed by atoms with E-state index in [1.165, 1.54) is 0 Å². The molecule has 0 aliphatic heterocycles. The van der Waals surface area contributed by atoms with E-state index in [9.17, 15) is 4.79 Å². The fraction of sp³-hybridized carbons (Fsp3) is 0.500. The Bertz CT molecular complexity index is 412. The van der Waals surface area contributed by atoms with Crippen molar-refractivity contribution in [2.75, 3.05) is 18.1 Å². The van der Waals surface area contributed by atoms with Gasteiger partial charge in [0.05, 0.1) is 6.61 Å². The van der Waals surface area contributed by atoms with E-state index in [-0.39, 0.29) is 5.97 Å². The van der Waals surface area contributed by atoms with Crippen LogP contribution in [0.1, 0.15) is 32.6 Å². The van der Waals surface area contributed by atoms with E-state index in [1.807, 2.05) is 25.1 Å². The van der Waals surface area contributed by atoms with Gasteiger partial charge >= 0.3 is 5.97 Å². The normalized spacial score (nSPS) is 10.4. The summed E-state index contributed by atoms with van der Waals surface area (Å²) in [6.07, 6.45) is 3.55. The Morgan fingerprint density at radius 2 is 2.16 bits per heavy atom. The number of benzene rings is 1. The average molecular weight is 346 g/mol. The minimum atomic E-state index is -0.0905. The number of ether oxygens (including phenoxy) is 1. The van der Waals surface area contributed by atoms with Crippen molar-refractivity contribution in [1.82, 2.24) is 0 Å². The summed E-state index contributed by atoms with van der Waals surface area (Å²) in [5.41, 5.74) is 6.73. The van der Waals surface area contributed by atoms with Crippen LogP contribution in [0, 0.1) is 0 Å². The maximum absolute atomic E-state index is 11.1. The summed E-state index contributed by atoms with van der Waals surface area (Å²) in [6.45, 7) is 2.30. The molecule has 0 amide bonds. The molecule has 0 aliphatic carbocycles. The molecule has 2 N–H and O–H groups in total. The molecular formula is C14H20BrNO2S. The standard InChI is InChI=1S/C14H20BrNO2S/c1-2-18-14(17)6-4-3-5-9-19-13-8-7-11(15)10-12(13)16/h7-8,10H,2-6,9,16H2,1H3. The van der Waals surface area contributed by atoms with E-state index < -0.39 is 0 Å². The fourth-order valence-electron chi connectivity index (χ4n) is 1.61. The van der Waals surface area contributed by atoms with Crippen LogP contribution in [0.3, 0.4) is 0 Å². The lowest BCUT2D eigenvalue weighted by molar-refractivity contribution is -0.143. The summed E-state index contributed by atoms with van der Waals surface area (Å²) in [5.74, 6) is 0.932. The Labute approximate surface area is 127 Å². The molecule has 1 aromatic carbocycles. The third-order valence-electron chi connectivity index (χ3n) is 2.56. The zero-order chi connectivity index (χ0) is 14.1. The van der Waals surface area contributed by atoms with Gasteiger partial charge in [0.2, 0.25) is 0 Å². The fourth-order valence-corrected chi connectivity index (χ4v) is 2.95. The summed E-state index contributed by atoms with van der Waals surface area (Å²) < 4.78 is 5.88. The topological polar surface area (TPSA) is 52.3 Å². The van der Waals surface area contributed by atoms with Crippen LogP contribution in [-0.4, -0.2) is 18.3 Å². The minimum Gasteiger partial charge on any atom is -0.466 e. The van der Waals surface area contributed by atoms with Crippen molar-refractivity contribution in [3.63, 3.8) is 0 Å². The number of esters is 1. The molecule has 0 aliphatic rings. The number of thioether (sulfide) groups is 1. The molecule has 0 bridgehead atoms. The first-order valence-corrected chi connectivity index (χ1v) is 8.24.